The van der Waals surface area contributed by atoms with E-state index in [9.17, 15) is 0 Å². The van der Waals surface area contributed by atoms with E-state index < -0.39 is 0 Å². The van der Waals surface area contributed by atoms with Gasteiger partial charge in [0.1, 0.15) is 11.5 Å². The second kappa shape index (κ2) is 4.18. The van der Waals surface area contributed by atoms with Gasteiger partial charge in [-0.05, 0) is 37.1 Å². The third-order valence-electron chi connectivity index (χ3n) is 2.23. The summed E-state index contributed by atoms with van der Waals surface area (Å²) in [5.74, 6) is 1.61. The van der Waals surface area contributed by atoms with Crippen molar-refractivity contribution in [3.05, 3.63) is 35.4 Å². The average Bonchev–Trinajstić information content (AvgIpc) is 2.16. The Morgan fingerprint density at radius 2 is 1.64 bits per heavy atom. The van der Waals surface area contributed by atoms with E-state index in [0.29, 0.717) is 5.76 Å². The minimum atomic E-state index is 0.679. The van der Waals surface area contributed by atoms with Crippen LogP contribution in [-0.2, 0) is 4.74 Å². The van der Waals surface area contributed by atoms with E-state index in [1.807, 2.05) is 26.0 Å². The Bertz CT molecular complexity index is 330. The molecule has 14 heavy (non-hydrogen) atoms. The summed E-state index contributed by atoms with van der Waals surface area (Å²) in [7, 11) is 3.30. The highest BCUT2D eigenvalue weighted by Gasteiger charge is 2.06. The Labute approximate surface area is 85.2 Å². The average molecular weight is 192 g/mol. The standard InChI is InChI=1S/C12H16O2/c1-8-6-11(10(3)13-4)7-9(2)12(8)14-5/h6-7H,3H2,1-2,4-5H3. The van der Waals surface area contributed by atoms with E-state index >= 15 is 0 Å². The topological polar surface area (TPSA) is 18.5 Å². The zero-order valence-corrected chi connectivity index (χ0v) is 9.18. The summed E-state index contributed by atoms with van der Waals surface area (Å²) in [6, 6.07) is 4.02. The van der Waals surface area contributed by atoms with Crippen LogP contribution in [0.3, 0.4) is 0 Å². The molecule has 0 fully saturated rings. The van der Waals surface area contributed by atoms with Crippen molar-refractivity contribution in [2.24, 2.45) is 0 Å². The lowest BCUT2D eigenvalue weighted by atomic mass is 10.0. The van der Waals surface area contributed by atoms with Crippen LogP contribution in [0.4, 0.5) is 0 Å². The van der Waals surface area contributed by atoms with E-state index in [4.69, 9.17) is 9.47 Å². The van der Waals surface area contributed by atoms with Gasteiger partial charge in [0, 0.05) is 5.56 Å². The van der Waals surface area contributed by atoms with Crippen molar-refractivity contribution in [3.8, 4) is 5.75 Å². The fourth-order valence-corrected chi connectivity index (χ4v) is 1.55. The lowest BCUT2D eigenvalue weighted by molar-refractivity contribution is 0.371. The quantitative estimate of drug-likeness (QED) is 0.685. The van der Waals surface area contributed by atoms with Crippen LogP contribution in [0.1, 0.15) is 16.7 Å². The smallest absolute Gasteiger partial charge is 0.124 e. The maximum atomic E-state index is 5.27. The fourth-order valence-electron chi connectivity index (χ4n) is 1.55. The van der Waals surface area contributed by atoms with E-state index in [2.05, 4.69) is 6.58 Å². The normalized spacial score (nSPS) is 9.71. The zero-order chi connectivity index (χ0) is 10.7. The summed E-state index contributed by atoms with van der Waals surface area (Å²) >= 11 is 0. The molecule has 76 valence electrons. The maximum absolute atomic E-state index is 5.27. The molecule has 0 heterocycles. The molecule has 0 spiro atoms. The Hall–Kier alpha value is -1.44. The second-order valence-electron chi connectivity index (χ2n) is 3.27. The van der Waals surface area contributed by atoms with Gasteiger partial charge >= 0.3 is 0 Å². The lowest BCUT2D eigenvalue weighted by Crippen LogP contribution is -1.94. The molecule has 0 bridgehead atoms. The summed E-state index contributed by atoms with van der Waals surface area (Å²) in [5, 5.41) is 0. The van der Waals surface area contributed by atoms with Crippen molar-refractivity contribution in [2.75, 3.05) is 14.2 Å². The first-order valence-corrected chi connectivity index (χ1v) is 4.48. The molecule has 1 aromatic rings. The molecule has 2 nitrogen and oxygen atoms in total. The number of benzene rings is 1. The maximum Gasteiger partial charge on any atom is 0.124 e. The molecule has 0 unspecified atom stereocenters. The first kappa shape index (κ1) is 10.6. The highest BCUT2D eigenvalue weighted by Crippen LogP contribution is 2.27. The van der Waals surface area contributed by atoms with Crippen LogP contribution in [0.5, 0.6) is 5.75 Å². The third kappa shape index (κ3) is 1.90. The first-order chi connectivity index (χ1) is 6.60. The molecular formula is C12H16O2. The van der Waals surface area contributed by atoms with Crippen LogP contribution in [0, 0.1) is 13.8 Å². The summed E-state index contributed by atoms with van der Waals surface area (Å²) in [4.78, 5) is 0. The molecule has 0 aromatic heterocycles. The van der Waals surface area contributed by atoms with Crippen molar-refractivity contribution in [3.63, 3.8) is 0 Å². The summed E-state index contributed by atoms with van der Waals surface area (Å²) in [5.41, 5.74) is 3.20. The van der Waals surface area contributed by atoms with Gasteiger partial charge in [0.05, 0.1) is 14.2 Å². The molecule has 0 atom stereocenters. The van der Waals surface area contributed by atoms with Gasteiger partial charge in [-0.1, -0.05) is 6.58 Å². The van der Waals surface area contributed by atoms with Gasteiger partial charge in [-0.25, -0.2) is 0 Å². The summed E-state index contributed by atoms with van der Waals surface area (Å²) < 4.78 is 10.4. The lowest BCUT2D eigenvalue weighted by Gasteiger charge is -2.12. The molecule has 0 N–H and O–H groups in total. The Kier molecular flexibility index (Phi) is 3.18. The van der Waals surface area contributed by atoms with Crippen molar-refractivity contribution < 1.29 is 9.47 Å². The molecule has 2 heteroatoms. The highest BCUT2D eigenvalue weighted by molar-refractivity contribution is 5.61. The molecule has 0 saturated carbocycles. The van der Waals surface area contributed by atoms with Crippen molar-refractivity contribution >= 4 is 5.76 Å². The predicted octanol–water partition coefficient (Wildman–Crippen LogP) is 2.93. The minimum absolute atomic E-state index is 0.679. The number of methoxy groups -OCH3 is 2. The summed E-state index contributed by atoms with van der Waals surface area (Å²) in [6.45, 7) is 7.84. The predicted molar refractivity (Wildman–Crippen MR) is 58.5 cm³/mol. The molecule has 0 aliphatic carbocycles. The molecule has 1 aromatic carbocycles. The molecule has 0 radical (unpaired) electrons. The van der Waals surface area contributed by atoms with Crippen LogP contribution in [0.25, 0.3) is 5.76 Å². The largest absolute Gasteiger partial charge is 0.497 e. The summed E-state index contributed by atoms with van der Waals surface area (Å²) in [6.07, 6.45) is 0. The molecule has 1 rings (SSSR count). The minimum Gasteiger partial charge on any atom is -0.497 e. The number of ether oxygens (including phenoxy) is 2. The number of aryl methyl sites for hydroxylation is 2. The molecule has 0 aliphatic rings. The van der Waals surface area contributed by atoms with Crippen LogP contribution in [0.2, 0.25) is 0 Å². The monoisotopic (exact) mass is 192 g/mol. The van der Waals surface area contributed by atoms with Gasteiger partial charge in [0.15, 0.2) is 0 Å². The number of hydrogen-bond acceptors (Lipinski definition) is 2. The second-order valence-corrected chi connectivity index (χ2v) is 3.27. The van der Waals surface area contributed by atoms with Gasteiger partial charge in [0.2, 0.25) is 0 Å². The first-order valence-electron chi connectivity index (χ1n) is 4.48. The van der Waals surface area contributed by atoms with Gasteiger partial charge in [-0.15, -0.1) is 0 Å². The molecule has 0 saturated heterocycles. The van der Waals surface area contributed by atoms with Crippen molar-refractivity contribution in [2.45, 2.75) is 13.8 Å². The molecule has 0 amide bonds. The highest BCUT2D eigenvalue weighted by atomic mass is 16.5. The van der Waals surface area contributed by atoms with Crippen LogP contribution in [-0.4, -0.2) is 14.2 Å². The van der Waals surface area contributed by atoms with E-state index in [0.717, 1.165) is 22.4 Å². The molecular weight excluding hydrogens is 176 g/mol. The van der Waals surface area contributed by atoms with Gasteiger partial charge in [-0.3, -0.25) is 0 Å². The fraction of sp³-hybridized carbons (Fsp3) is 0.333. The third-order valence-corrected chi connectivity index (χ3v) is 2.23. The number of hydrogen-bond donors (Lipinski definition) is 0. The van der Waals surface area contributed by atoms with Crippen molar-refractivity contribution in [1.29, 1.82) is 0 Å². The Morgan fingerprint density at radius 3 is 2.00 bits per heavy atom. The van der Waals surface area contributed by atoms with Gasteiger partial charge in [-0.2, -0.15) is 0 Å². The zero-order valence-electron chi connectivity index (χ0n) is 9.18. The van der Waals surface area contributed by atoms with E-state index in [-0.39, 0.29) is 0 Å². The Balaban J connectivity index is 3.20. The number of rotatable bonds is 3. The SMILES string of the molecule is C=C(OC)c1cc(C)c(OC)c(C)c1. The van der Waals surface area contributed by atoms with Crippen LogP contribution in [0.15, 0.2) is 18.7 Å². The van der Waals surface area contributed by atoms with E-state index in [1.54, 1.807) is 14.2 Å². The Morgan fingerprint density at radius 1 is 1.14 bits per heavy atom. The van der Waals surface area contributed by atoms with Gasteiger partial charge in [0.25, 0.3) is 0 Å². The van der Waals surface area contributed by atoms with Crippen LogP contribution < -0.4 is 4.74 Å². The van der Waals surface area contributed by atoms with Crippen molar-refractivity contribution in [1.82, 2.24) is 0 Å². The van der Waals surface area contributed by atoms with Gasteiger partial charge < -0.3 is 9.47 Å². The van der Waals surface area contributed by atoms with Crippen LogP contribution >= 0.6 is 0 Å². The molecule has 0 aliphatic heterocycles. The van der Waals surface area contributed by atoms with E-state index in [1.165, 1.54) is 0 Å².